The fourth-order valence-electron chi connectivity index (χ4n) is 9.10. The van der Waals surface area contributed by atoms with E-state index in [2.05, 4.69) is 135 Å². The number of rotatable bonds is 61. The van der Waals surface area contributed by atoms with E-state index < -0.39 is 26.5 Å². The Balaban J connectivity index is 4.07. The number of phosphoric acid groups is 1. The van der Waals surface area contributed by atoms with Crippen LogP contribution in [0.25, 0.3) is 0 Å². The first-order valence-electron chi connectivity index (χ1n) is 33.8. The zero-order chi connectivity index (χ0) is 60.5. The molecular weight excluding hydrogens is 1050 g/mol. The van der Waals surface area contributed by atoms with Gasteiger partial charge in [-0.15, -0.1) is 0 Å². The third kappa shape index (κ3) is 67.4. The molecule has 0 spiro atoms. The van der Waals surface area contributed by atoms with Crippen LogP contribution in [0, 0.1) is 0 Å². The number of carbonyl (C=O) groups excluding carboxylic acids is 2. The second kappa shape index (κ2) is 62.9. The Morgan fingerprint density at radius 3 is 1.02 bits per heavy atom. The number of ether oxygens (including phenoxy) is 2. The van der Waals surface area contributed by atoms with Crippen molar-refractivity contribution in [3.05, 3.63) is 122 Å². The quantitative estimate of drug-likeness (QED) is 0.0211. The molecule has 0 heterocycles. The molecule has 0 aliphatic heterocycles. The summed E-state index contributed by atoms with van der Waals surface area (Å²) < 4.78 is 34.6. The van der Waals surface area contributed by atoms with E-state index in [1.54, 1.807) is 0 Å². The van der Waals surface area contributed by atoms with Gasteiger partial charge in [-0.25, -0.2) is 4.57 Å². The SMILES string of the molecule is CC/C=C\C/C=C\C/C=C\C/C=C\C/C=C\C/C=C\C/C=C\C/C=C\C/C=C\C/C=C\CCCCCCCCCCCCC(=O)OC(COC(=O)CCCCCCCCCCCCCCCCCCCC)COP(=O)(O)OCC[N+](C)(C)C. The lowest BCUT2D eigenvalue weighted by molar-refractivity contribution is -0.870. The Kier molecular flexibility index (Phi) is 60.2. The largest absolute Gasteiger partial charge is 0.472 e. The van der Waals surface area contributed by atoms with E-state index in [1.807, 2.05) is 21.1 Å². The van der Waals surface area contributed by atoms with Gasteiger partial charge in [0.1, 0.15) is 19.8 Å². The van der Waals surface area contributed by atoms with Crippen LogP contribution < -0.4 is 0 Å². The average molecular weight is 1180 g/mol. The third-order valence-electron chi connectivity index (χ3n) is 14.3. The summed E-state index contributed by atoms with van der Waals surface area (Å²) >= 11 is 0. The standard InChI is InChI=1S/C73H126NO8P/c1-6-8-10-12-14-16-18-20-22-24-26-27-28-29-30-31-32-33-34-35-36-37-38-39-40-41-42-43-44-45-46-47-48-50-52-54-56-58-60-62-64-66-73(76)82-71(70-81-83(77,78)80-68-67-74(3,4)5)69-79-72(75)65-63-61-59-57-55-53-51-49-25-23-21-19-17-15-13-11-9-7-2/h8,10,14,16,20,22,26-27,29-30,32-33,35-36,38-39,41-42,44-45,71H,6-7,9,11-13,15,17-19,21,23-25,28,31,34,37,40,43,46-70H2,1-5H3/p+1/b10-8-,16-14-,22-20-,27-26-,30-29-,33-32-,36-35-,39-38-,42-41-,45-44-. The van der Waals surface area contributed by atoms with E-state index in [9.17, 15) is 19.0 Å². The molecule has 0 saturated heterocycles. The molecule has 0 radical (unpaired) electrons. The molecule has 1 N–H and O–H groups in total. The molecule has 0 aromatic carbocycles. The molecule has 2 atom stereocenters. The highest BCUT2D eigenvalue weighted by Gasteiger charge is 2.27. The van der Waals surface area contributed by atoms with Gasteiger partial charge in [0.25, 0.3) is 0 Å². The summed E-state index contributed by atoms with van der Waals surface area (Å²) in [4.78, 5) is 35.8. The molecule has 0 amide bonds. The molecule has 0 fully saturated rings. The maximum absolute atomic E-state index is 12.9. The van der Waals surface area contributed by atoms with E-state index >= 15 is 0 Å². The molecule has 10 heteroatoms. The summed E-state index contributed by atoms with van der Waals surface area (Å²) in [6.07, 6.45) is 90.0. The summed E-state index contributed by atoms with van der Waals surface area (Å²) in [5.74, 6) is -0.798. The number of allylic oxidation sites excluding steroid dienone is 20. The first kappa shape index (κ1) is 79.4. The van der Waals surface area contributed by atoms with Gasteiger partial charge in [-0.2, -0.15) is 0 Å². The van der Waals surface area contributed by atoms with Gasteiger partial charge in [0.2, 0.25) is 0 Å². The van der Waals surface area contributed by atoms with Gasteiger partial charge in [-0.3, -0.25) is 18.6 Å². The van der Waals surface area contributed by atoms with Gasteiger partial charge < -0.3 is 18.9 Å². The summed E-state index contributed by atoms with van der Waals surface area (Å²) in [6, 6.07) is 0. The Labute approximate surface area is 511 Å². The number of quaternary nitrogens is 1. The van der Waals surface area contributed by atoms with Crippen molar-refractivity contribution in [1.29, 1.82) is 0 Å². The first-order chi connectivity index (χ1) is 40.5. The fraction of sp³-hybridized carbons (Fsp3) is 0.699. The Bertz CT molecular complexity index is 1820. The van der Waals surface area contributed by atoms with Gasteiger partial charge in [0.05, 0.1) is 27.7 Å². The predicted octanol–water partition coefficient (Wildman–Crippen LogP) is 21.9. The van der Waals surface area contributed by atoms with Gasteiger partial charge in [-0.05, 0) is 89.9 Å². The highest BCUT2D eigenvalue weighted by Crippen LogP contribution is 2.43. The lowest BCUT2D eigenvalue weighted by Crippen LogP contribution is -2.37. The molecule has 83 heavy (non-hydrogen) atoms. The molecule has 0 saturated carbocycles. The van der Waals surface area contributed by atoms with E-state index in [1.165, 1.54) is 135 Å². The van der Waals surface area contributed by atoms with Crippen LogP contribution in [0.3, 0.4) is 0 Å². The summed E-state index contributed by atoms with van der Waals surface area (Å²) in [5, 5.41) is 0. The fourth-order valence-corrected chi connectivity index (χ4v) is 9.85. The third-order valence-corrected chi connectivity index (χ3v) is 15.2. The van der Waals surface area contributed by atoms with Crippen molar-refractivity contribution in [1.82, 2.24) is 0 Å². The monoisotopic (exact) mass is 1180 g/mol. The first-order valence-corrected chi connectivity index (χ1v) is 35.3. The van der Waals surface area contributed by atoms with E-state index in [-0.39, 0.29) is 32.0 Å². The molecule has 0 aliphatic carbocycles. The maximum Gasteiger partial charge on any atom is 0.472 e. The van der Waals surface area contributed by atoms with Crippen molar-refractivity contribution in [2.45, 2.75) is 283 Å². The van der Waals surface area contributed by atoms with E-state index in [4.69, 9.17) is 18.5 Å². The molecule has 0 aromatic heterocycles. The highest BCUT2D eigenvalue weighted by molar-refractivity contribution is 7.47. The molecule has 0 rings (SSSR count). The number of hydrogen-bond donors (Lipinski definition) is 1. The van der Waals surface area contributed by atoms with Crippen molar-refractivity contribution in [2.24, 2.45) is 0 Å². The Hall–Kier alpha value is -3.59. The molecule has 0 aliphatic rings. The number of esters is 2. The van der Waals surface area contributed by atoms with Gasteiger partial charge in [0, 0.05) is 12.8 Å². The number of phosphoric ester groups is 1. The molecule has 2 unspecified atom stereocenters. The van der Waals surface area contributed by atoms with E-state index in [0.29, 0.717) is 17.4 Å². The highest BCUT2D eigenvalue weighted by atomic mass is 31.2. The number of nitrogens with zero attached hydrogens (tertiary/aromatic N) is 1. The van der Waals surface area contributed by atoms with Gasteiger partial charge in [-0.1, -0.05) is 296 Å². The summed E-state index contributed by atoms with van der Waals surface area (Å²) in [5.41, 5.74) is 0. The van der Waals surface area contributed by atoms with Crippen LogP contribution >= 0.6 is 7.82 Å². The zero-order valence-corrected chi connectivity index (χ0v) is 55.0. The minimum Gasteiger partial charge on any atom is -0.462 e. The topological polar surface area (TPSA) is 108 Å². The average Bonchev–Trinajstić information content (AvgIpc) is 3.48. The van der Waals surface area contributed by atoms with E-state index in [0.717, 1.165) is 109 Å². The lowest BCUT2D eigenvalue weighted by atomic mass is 10.0. The summed E-state index contributed by atoms with van der Waals surface area (Å²) in [6.45, 7) is 4.33. The van der Waals surface area contributed by atoms with Gasteiger partial charge in [0.15, 0.2) is 6.10 Å². The minimum absolute atomic E-state index is 0.0276. The lowest BCUT2D eigenvalue weighted by Gasteiger charge is -2.24. The van der Waals surface area contributed by atoms with Crippen molar-refractivity contribution in [3.8, 4) is 0 Å². The maximum atomic E-state index is 12.9. The Morgan fingerprint density at radius 1 is 0.386 bits per heavy atom. The van der Waals surface area contributed by atoms with Crippen LogP contribution in [-0.4, -0.2) is 74.9 Å². The van der Waals surface area contributed by atoms with Crippen LogP contribution in [0.4, 0.5) is 0 Å². The van der Waals surface area contributed by atoms with Crippen LogP contribution in [-0.2, 0) is 32.7 Å². The van der Waals surface area contributed by atoms with Crippen molar-refractivity contribution < 1.29 is 42.1 Å². The van der Waals surface area contributed by atoms with Crippen LogP contribution in [0.1, 0.15) is 277 Å². The molecule has 476 valence electrons. The second-order valence-corrected chi connectivity index (χ2v) is 24.9. The minimum atomic E-state index is -4.39. The van der Waals surface area contributed by atoms with Crippen molar-refractivity contribution >= 4 is 19.8 Å². The van der Waals surface area contributed by atoms with Crippen LogP contribution in [0.5, 0.6) is 0 Å². The normalized spacial score (nSPS) is 14.0. The number of unbranched alkanes of at least 4 members (excludes halogenated alkanes) is 27. The van der Waals surface area contributed by atoms with Crippen LogP contribution in [0.15, 0.2) is 122 Å². The summed E-state index contributed by atoms with van der Waals surface area (Å²) in [7, 11) is 1.47. The molecule has 0 aromatic rings. The second-order valence-electron chi connectivity index (χ2n) is 23.5. The van der Waals surface area contributed by atoms with Gasteiger partial charge >= 0.3 is 19.8 Å². The number of carbonyl (C=O) groups is 2. The predicted molar refractivity (Wildman–Crippen MR) is 358 cm³/mol. The van der Waals surface area contributed by atoms with Crippen LogP contribution in [0.2, 0.25) is 0 Å². The Morgan fingerprint density at radius 2 is 0.687 bits per heavy atom. The number of hydrogen-bond acceptors (Lipinski definition) is 7. The number of likely N-dealkylation sites (N-methyl/N-ethyl adjacent to an activating group) is 1. The van der Waals surface area contributed by atoms with Crippen molar-refractivity contribution in [3.63, 3.8) is 0 Å². The molecular formula is C73H127NO8P+. The van der Waals surface area contributed by atoms with Crippen molar-refractivity contribution in [2.75, 3.05) is 47.5 Å². The zero-order valence-electron chi connectivity index (χ0n) is 54.1. The molecule has 9 nitrogen and oxygen atoms in total. The smallest absolute Gasteiger partial charge is 0.462 e. The molecule has 0 bridgehead atoms.